The number of anilines is 1. The molecule has 1 atom stereocenters. The molecule has 1 aromatic carbocycles. The Balaban J connectivity index is 3.28. The van der Waals surface area contributed by atoms with Crippen molar-refractivity contribution in [2.75, 3.05) is 26.2 Å². The minimum absolute atomic E-state index is 0.0410. The number of hydrogen-bond acceptors (Lipinski definition) is 7. The van der Waals surface area contributed by atoms with Crippen LogP contribution in [0.1, 0.15) is 6.92 Å². The number of nitrogens with one attached hydrogen (secondary N) is 1. The van der Waals surface area contributed by atoms with Gasteiger partial charge in [-0.25, -0.2) is 8.42 Å². The number of rotatable bonds is 7. The fourth-order valence-corrected chi connectivity index (χ4v) is 3.19. The third-order valence-electron chi connectivity index (χ3n) is 3.02. The average molecular weight is 318 g/mol. The number of nitrogen functional groups attached to an aromatic ring is 1. The highest BCUT2D eigenvalue weighted by molar-refractivity contribution is 7.89. The van der Waals surface area contributed by atoms with Crippen molar-refractivity contribution in [1.29, 1.82) is 0 Å². The van der Waals surface area contributed by atoms with E-state index in [1.807, 2.05) is 0 Å². The first kappa shape index (κ1) is 17.3. The van der Waals surface area contributed by atoms with Crippen LogP contribution >= 0.6 is 0 Å². The summed E-state index contributed by atoms with van der Waals surface area (Å²) in [4.78, 5) is 9.95. The van der Waals surface area contributed by atoms with E-state index in [4.69, 9.17) is 10.6 Å². The number of nitro benzene ring substituents is 1. The van der Waals surface area contributed by atoms with Gasteiger partial charge in [0.15, 0.2) is 0 Å². The standard InChI is InChI=1S/C11H18N4O5S/c1-8(7-20-3)14(2)21(18,19)11-5-4-9(15(16)17)6-10(11)13-12/h4-6,8,13H,7,12H2,1-3H3. The summed E-state index contributed by atoms with van der Waals surface area (Å²) in [6, 6.07) is 2.93. The van der Waals surface area contributed by atoms with Crippen molar-refractivity contribution in [1.82, 2.24) is 4.31 Å². The van der Waals surface area contributed by atoms with Gasteiger partial charge in [0, 0.05) is 32.3 Å². The number of hydrazine groups is 1. The molecule has 1 aromatic rings. The van der Waals surface area contributed by atoms with E-state index >= 15 is 0 Å². The third kappa shape index (κ3) is 3.67. The van der Waals surface area contributed by atoms with Crippen molar-refractivity contribution in [3.63, 3.8) is 0 Å². The maximum Gasteiger partial charge on any atom is 0.271 e. The lowest BCUT2D eigenvalue weighted by Crippen LogP contribution is -2.38. The number of methoxy groups -OCH3 is 1. The molecule has 0 aromatic heterocycles. The Morgan fingerprint density at radius 3 is 2.62 bits per heavy atom. The van der Waals surface area contributed by atoms with Crippen LogP contribution in [0.15, 0.2) is 23.1 Å². The summed E-state index contributed by atoms with van der Waals surface area (Å²) in [5, 5.41) is 10.7. The Bertz CT molecular complexity index is 619. The number of likely N-dealkylation sites (N-methyl/N-ethyl adjacent to an activating group) is 1. The molecule has 0 aliphatic heterocycles. The van der Waals surface area contributed by atoms with E-state index in [2.05, 4.69) is 5.43 Å². The SMILES string of the molecule is COCC(C)N(C)S(=O)(=O)c1ccc([N+](=O)[O-])cc1NN. The molecule has 0 aliphatic rings. The smallest absolute Gasteiger partial charge is 0.271 e. The first-order chi connectivity index (χ1) is 9.75. The summed E-state index contributed by atoms with van der Waals surface area (Å²) < 4.78 is 31.1. The number of sulfonamides is 1. The third-order valence-corrected chi connectivity index (χ3v) is 5.05. The first-order valence-corrected chi connectivity index (χ1v) is 7.41. The van der Waals surface area contributed by atoms with Crippen LogP contribution in [0.4, 0.5) is 11.4 Å². The average Bonchev–Trinajstić information content (AvgIpc) is 2.45. The second-order valence-corrected chi connectivity index (χ2v) is 6.37. The molecule has 21 heavy (non-hydrogen) atoms. The molecular weight excluding hydrogens is 300 g/mol. The summed E-state index contributed by atoms with van der Waals surface area (Å²) in [5.41, 5.74) is 1.89. The van der Waals surface area contributed by atoms with E-state index in [-0.39, 0.29) is 22.9 Å². The molecule has 0 amide bonds. The molecule has 0 aliphatic carbocycles. The highest BCUT2D eigenvalue weighted by atomic mass is 32.2. The van der Waals surface area contributed by atoms with Gasteiger partial charge in [-0.1, -0.05) is 0 Å². The molecule has 118 valence electrons. The minimum Gasteiger partial charge on any atom is -0.383 e. The minimum atomic E-state index is -3.86. The number of non-ortho nitro benzene ring substituents is 1. The largest absolute Gasteiger partial charge is 0.383 e. The maximum atomic E-state index is 12.5. The maximum absolute atomic E-state index is 12.5. The Morgan fingerprint density at radius 1 is 1.52 bits per heavy atom. The highest BCUT2D eigenvalue weighted by Gasteiger charge is 2.28. The van der Waals surface area contributed by atoms with Gasteiger partial charge in [0.25, 0.3) is 5.69 Å². The Labute approximate surface area is 122 Å². The number of benzene rings is 1. The van der Waals surface area contributed by atoms with Crippen molar-refractivity contribution in [3.8, 4) is 0 Å². The van der Waals surface area contributed by atoms with Gasteiger partial charge in [-0.15, -0.1) is 0 Å². The second kappa shape index (κ2) is 6.80. The molecular formula is C11H18N4O5S. The van der Waals surface area contributed by atoms with Gasteiger partial charge >= 0.3 is 0 Å². The monoisotopic (exact) mass is 318 g/mol. The molecule has 0 fully saturated rings. The van der Waals surface area contributed by atoms with Crippen LogP contribution in [-0.4, -0.2) is 44.5 Å². The van der Waals surface area contributed by atoms with Crippen LogP contribution in [0.25, 0.3) is 0 Å². The van der Waals surface area contributed by atoms with Crippen LogP contribution in [0.2, 0.25) is 0 Å². The topological polar surface area (TPSA) is 128 Å². The predicted octanol–water partition coefficient (Wildman–Crippen LogP) is 0.536. The fraction of sp³-hybridized carbons (Fsp3) is 0.455. The highest BCUT2D eigenvalue weighted by Crippen LogP contribution is 2.28. The predicted molar refractivity (Wildman–Crippen MR) is 77.2 cm³/mol. The molecule has 0 radical (unpaired) electrons. The molecule has 0 saturated carbocycles. The quantitative estimate of drug-likeness (QED) is 0.426. The van der Waals surface area contributed by atoms with E-state index in [9.17, 15) is 18.5 Å². The van der Waals surface area contributed by atoms with E-state index in [0.717, 1.165) is 22.5 Å². The van der Waals surface area contributed by atoms with Crippen molar-refractivity contribution in [2.24, 2.45) is 5.84 Å². The summed E-state index contributed by atoms with van der Waals surface area (Å²) in [6.07, 6.45) is 0. The van der Waals surface area contributed by atoms with Gasteiger partial charge < -0.3 is 10.2 Å². The zero-order chi connectivity index (χ0) is 16.2. The Morgan fingerprint density at radius 2 is 2.14 bits per heavy atom. The lowest BCUT2D eigenvalue weighted by atomic mass is 10.3. The van der Waals surface area contributed by atoms with Gasteiger partial charge in [-0.3, -0.25) is 16.0 Å². The number of nitrogens with two attached hydrogens (primary N) is 1. The molecule has 1 unspecified atom stereocenters. The molecule has 0 spiro atoms. The zero-order valence-corrected chi connectivity index (χ0v) is 12.8. The van der Waals surface area contributed by atoms with Gasteiger partial charge in [0.05, 0.1) is 17.2 Å². The van der Waals surface area contributed by atoms with Gasteiger partial charge in [0.1, 0.15) is 4.90 Å². The normalized spacial score (nSPS) is 13.2. The summed E-state index contributed by atoms with van der Waals surface area (Å²) >= 11 is 0. The van der Waals surface area contributed by atoms with Crippen LogP contribution in [-0.2, 0) is 14.8 Å². The van der Waals surface area contributed by atoms with Gasteiger partial charge in [-0.2, -0.15) is 4.31 Å². The number of ether oxygens (including phenoxy) is 1. The van der Waals surface area contributed by atoms with Gasteiger partial charge in [-0.05, 0) is 13.0 Å². The molecule has 10 heteroatoms. The lowest BCUT2D eigenvalue weighted by Gasteiger charge is -2.24. The first-order valence-electron chi connectivity index (χ1n) is 5.97. The number of nitro groups is 1. The molecule has 0 saturated heterocycles. The van der Waals surface area contributed by atoms with E-state index in [1.165, 1.54) is 14.2 Å². The van der Waals surface area contributed by atoms with Crippen LogP contribution < -0.4 is 11.3 Å². The summed E-state index contributed by atoms with van der Waals surface area (Å²) in [5.74, 6) is 5.27. The van der Waals surface area contributed by atoms with Crippen LogP contribution in [0.3, 0.4) is 0 Å². The second-order valence-electron chi connectivity index (χ2n) is 4.41. The zero-order valence-electron chi connectivity index (χ0n) is 11.9. The van der Waals surface area contributed by atoms with Crippen molar-refractivity contribution >= 4 is 21.4 Å². The van der Waals surface area contributed by atoms with E-state index in [0.29, 0.717) is 0 Å². The molecule has 0 heterocycles. The summed E-state index contributed by atoms with van der Waals surface area (Å²) in [6.45, 7) is 1.90. The van der Waals surface area contributed by atoms with E-state index in [1.54, 1.807) is 6.92 Å². The molecule has 9 nitrogen and oxygen atoms in total. The molecule has 1 rings (SSSR count). The lowest BCUT2D eigenvalue weighted by molar-refractivity contribution is -0.384. The number of hydrogen-bond donors (Lipinski definition) is 2. The Hall–Kier alpha value is -1.75. The fourth-order valence-electron chi connectivity index (χ4n) is 1.71. The molecule has 0 bridgehead atoms. The number of nitrogens with zero attached hydrogens (tertiary/aromatic N) is 2. The van der Waals surface area contributed by atoms with E-state index < -0.39 is 21.0 Å². The van der Waals surface area contributed by atoms with Crippen molar-refractivity contribution in [3.05, 3.63) is 28.3 Å². The Kier molecular flexibility index (Phi) is 5.61. The molecule has 3 N–H and O–H groups in total. The van der Waals surface area contributed by atoms with Crippen molar-refractivity contribution in [2.45, 2.75) is 17.9 Å². The van der Waals surface area contributed by atoms with Crippen LogP contribution in [0, 0.1) is 10.1 Å². The summed E-state index contributed by atoms with van der Waals surface area (Å²) in [7, 11) is -0.986. The van der Waals surface area contributed by atoms with Crippen molar-refractivity contribution < 1.29 is 18.1 Å². The van der Waals surface area contributed by atoms with Gasteiger partial charge in [0.2, 0.25) is 10.0 Å². The van der Waals surface area contributed by atoms with Crippen LogP contribution in [0.5, 0.6) is 0 Å².